The Morgan fingerprint density at radius 2 is 1.73 bits per heavy atom. The van der Waals surface area contributed by atoms with Gasteiger partial charge in [0.15, 0.2) is 11.5 Å². The second kappa shape index (κ2) is 10.9. The van der Waals surface area contributed by atoms with E-state index in [0.717, 1.165) is 25.2 Å². The van der Waals surface area contributed by atoms with Crippen LogP contribution in [0.25, 0.3) is 0 Å². The summed E-state index contributed by atoms with van der Waals surface area (Å²) in [7, 11) is 0. The summed E-state index contributed by atoms with van der Waals surface area (Å²) in [6.45, 7) is 8.62. The lowest BCUT2D eigenvalue weighted by atomic mass is 10.1. The van der Waals surface area contributed by atoms with Crippen molar-refractivity contribution in [2.45, 2.75) is 20.3 Å². The zero-order chi connectivity index (χ0) is 23.2. The van der Waals surface area contributed by atoms with E-state index in [2.05, 4.69) is 10.2 Å². The Kier molecular flexibility index (Phi) is 7.67. The summed E-state index contributed by atoms with van der Waals surface area (Å²) in [5, 5.41) is 3.28. The summed E-state index contributed by atoms with van der Waals surface area (Å²) in [5.74, 6) is 1.84. The van der Waals surface area contributed by atoms with Crippen LogP contribution in [0.1, 0.15) is 30.6 Å². The van der Waals surface area contributed by atoms with Gasteiger partial charge in [0.2, 0.25) is 0 Å². The molecule has 178 valence electrons. The maximum atomic E-state index is 13.2. The molecule has 8 nitrogen and oxygen atoms in total. The summed E-state index contributed by atoms with van der Waals surface area (Å²) < 4.78 is 28.6. The van der Waals surface area contributed by atoms with Gasteiger partial charge in [-0.25, -0.2) is 0 Å². The minimum atomic E-state index is -0.338. The average molecular weight is 477 g/mol. The summed E-state index contributed by atoms with van der Waals surface area (Å²) >= 11 is 6.38. The number of hydrogen-bond acceptors (Lipinski definition) is 7. The fourth-order valence-electron chi connectivity index (χ4n) is 3.80. The second-order valence-corrected chi connectivity index (χ2v) is 7.98. The molecule has 1 amide bonds. The van der Waals surface area contributed by atoms with Crippen LogP contribution in [0.5, 0.6) is 23.0 Å². The minimum Gasteiger partial charge on any atom is -0.492 e. The third-order valence-electron chi connectivity index (χ3n) is 5.33. The number of carbonyl (C=O) groups excluding carboxylic acids is 1. The monoisotopic (exact) mass is 476 g/mol. The molecule has 2 aliphatic heterocycles. The summed E-state index contributed by atoms with van der Waals surface area (Å²) in [4.78, 5) is 15.4. The number of carbonyl (C=O) groups is 1. The van der Waals surface area contributed by atoms with Crippen molar-refractivity contribution in [3.8, 4) is 23.0 Å². The number of morpholine rings is 1. The van der Waals surface area contributed by atoms with Crippen molar-refractivity contribution in [1.29, 1.82) is 0 Å². The van der Waals surface area contributed by atoms with Gasteiger partial charge >= 0.3 is 0 Å². The first-order valence-corrected chi connectivity index (χ1v) is 11.6. The van der Waals surface area contributed by atoms with Crippen molar-refractivity contribution in [3.05, 3.63) is 34.9 Å². The SMILES string of the molecule is CCOc1cc(N2CCOCC2)c(OCC)cc1NC(=O)c1cc(Cl)c2c(c1)OCCCO2. The molecule has 0 spiro atoms. The smallest absolute Gasteiger partial charge is 0.255 e. The highest BCUT2D eigenvalue weighted by Gasteiger charge is 2.22. The van der Waals surface area contributed by atoms with E-state index in [1.807, 2.05) is 26.0 Å². The number of halogens is 1. The van der Waals surface area contributed by atoms with Crippen LogP contribution < -0.4 is 29.2 Å². The Balaban J connectivity index is 1.65. The van der Waals surface area contributed by atoms with Crippen LogP contribution in [0.4, 0.5) is 11.4 Å². The normalized spacial score (nSPS) is 15.5. The van der Waals surface area contributed by atoms with E-state index < -0.39 is 0 Å². The lowest BCUT2D eigenvalue weighted by Crippen LogP contribution is -2.36. The van der Waals surface area contributed by atoms with Crippen LogP contribution >= 0.6 is 11.6 Å². The molecule has 2 heterocycles. The molecule has 33 heavy (non-hydrogen) atoms. The predicted octanol–water partition coefficient (Wildman–Crippen LogP) is 4.39. The summed E-state index contributed by atoms with van der Waals surface area (Å²) in [5.41, 5.74) is 1.80. The molecule has 4 rings (SSSR count). The van der Waals surface area contributed by atoms with Crippen LogP contribution in [0, 0.1) is 0 Å². The molecule has 0 unspecified atom stereocenters. The molecule has 0 radical (unpaired) electrons. The van der Waals surface area contributed by atoms with E-state index in [-0.39, 0.29) is 5.91 Å². The number of nitrogens with one attached hydrogen (secondary N) is 1. The molecule has 0 aromatic heterocycles. The standard InChI is InChI=1S/C24H29ClN2O6/c1-3-30-20-15-19(27-6-10-29-11-7-27)21(31-4-2)14-18(20)26-24(28)16-12-17(25)23-22(13-16)32-8-5-9-33-23/h12-15H,3-11H2,1-2H3,(H,26,28). The van der Waals surface area contributed by atoms with E-state index in [1.165, 1.54) is 0 Å². The zero-order valence-electron chi connectivity index (χ0n) is 18.9. The van der Waals surface area contributed by atoms with Crippen molar-refractivity contribution in [3.63, 3.8) is 0 Å². The van der Waals surface area contributed by atoms with Gasteiger partial charge in [-0.05, 0) is 26.0 Å². The first-order chi connectivity index (χ1) is 16.1. The van der Waals surface area contributed by atoms with Gasteiger partial charge in [0.1, 0.15) is 11.5 Å². The minimum absolute atomic E-state index is 0.335. The third kappa shape index (κ3) is 5.39. The maximum Gasteiger partial charge on any atom is 0.255 e. The number of benzene rings is 2. The van der Waals surface area contributed by atoms with Crippen LogP contribution in [-0.4, -0.2) is 58.6 Å². The lowest BCUT2D eigenvalue weighted by molar-refractivity contribution is 0.102. The van der Waals surface area contributed by atoms with Crippen LogP contribution in [0.2, 0.25) is 5.02 Å². The fraction of sp³-hybridized carbons (Fsp3) is 0.458. The molecular weight excluding hydrogens is 448 g/mol. The van der Waals surface area contributed by atoms with Gasteiger partial charge in [0.25, 0.3) is 5.91 Å². The molecule has 0 saturated carbocycles. The largest absolute Gasteiger partial charge is 0.492 e. The Labute approximate surface area is 198 Å². The molecular formula is C24H29ClN2O6. The van der Waals surface area contributed by atoms with Gasteiger partial charge in [-0.1, -0.05) is 11.6 Å². The van der Waals surface area contributed by atoms with E-state index in [1.54, 1.807) is 12.1 Å². The second-order valence-electron chi connectivity index (χ2n) is 7.57. The first-order valence-electron chi connectivity index (χ1n) is 11.3. The lowest BCUT2D eigenvalue weighted by Gasteiger charge is -2.31. The Hall–Kier alpha value is -2.84. The Bertz CT molecular complexity index is 993. The number of amides is 1. The van der Waals surface area contributed by atoms with E-state index in [0.29, 0.717) is 78.9 Å². The molecule has 0 bridgehead atoms. The van der Waals surface area contributed by atoms with E-state index in [4.69, 9.17) is 35.3 Å². The van der Waals surface area contributed by atoms with Gasteiger partial charge in [-0.2, -0.15) is 0 Å². The van der Waals surface area contributed by atoms with Crippen LogP contribution in [-0.2, 0) is 4.74 Å². The average Bonchev–Trinajstić information content (AvgIpc) is 3.07. The molecule has 0 aliphatic carbocycles. The van der Waals surface area contributed by atoms with Crippen LogP contribution in [0.3, 0.4) is 0 Å². The number of anilines is 2. The Morgan fingerprint density at radius 1 is 1.00 bits per heavy atom. The van der Waals surface area contributed by atoms with Crippen molar-refractivity contribution in [1.82, 2.24) is 0 Å². The third-order valence-corrected chi connectivity index (χ3v) is 5.61. The molecule has 2 aromatic carbocycles. The highest BCUT2D eigenvalue weighted by atomic mass is 35.5. The molecule has 0 atom stereocenters. The summed E-state index contributed by atoms with van der Waals surface area (Å²) in [6.07, 6.45) is 0.750. The quantitative estimate of drug-likeness (QED) is 0.635. The molecule has 2 aliphatic rings. The van der Waals surface area contributed by atoms with Crippen molar-refractivity contribution in [2.24, 2.45) is 0 Å². The van der Waals surface area contributed by atoms with Gasteiger partial charge in [0, 0.05) is 37.2 Å². The van der Waals surface area contributed by atoms with Crippen LogP contribution in [0.15, 0.2) is 24.3 Å². The first kappa shape index (κ1) is 23.3. The number of ether oxygens (including phenoxy) is 5. The van der Waals surface area contributed by atoms with E-state index >= 15 is 0 Å². The fourth-order valence-corrected chi connectivity index (χ4v) is 4.07. The van der Waals surface area contributed by atoms with Gasteiger partial charge in [-0.3, -0.25) is 4.79 Å². The molecule has 2 aromatic rings. The zero-order valence-corrected chi connectivity index (χ0v) is 19.7. The highest BCUT2D eigenvalue weighted by molar-refractivity contribution is 6.32. The maximum absolute atomic E-state index is 13.2. The molecule has 9 heteroatoms. The highest BCUT2D eigenvalue weighted by Crippen LogP contribution is 2.41. The van der Waals surface area contributed by atoms with Crippen molar-refractivity contribution >= 4 is 28.9 Å². The number of rotatable bonds is 7. The van der Waals surface area contributed by atoms with Crippen molar-refractivity contribution < 1.29 is 28.5 Å². The predicted molar refractivity (Wildman–Crippen MR) is 127 cm³/mol. The van der Waals surface area contributed by atoms with Gasteiger partial charge in [-0.15, -0.1) is 0 Å². The Morgan fingerprint density at radius 3 is 2.48 bits per heavy atom. The molecule has 1 fully saturated rings. The number of nitrogens with zero attached hydrogens (tertiary/aromatic N) is 1. The van der Waals surface area contributed by atoms with Gasteiger partial charge in [0.05, 0.1) is 56.0 Å². The van der Waals surface area contributed by atoms with E-state index in [9.17, 15) is 4.79 Å². The van der Waals surface area contributed by atoms with Gasteiger partial charge < -0.3 is 33.9 Å². The summed E-state index contributed by atoms with van der Waals surface area (Å²) in [6, 6.07) is 6.95. The number of hydrogen-bond donors (Lipinski definition) is 1. The van der Waals surface area contributed by atoms with Crippen molar-refractivity contribution in [2.75, 3.05) is 62.9 Å². The molecule has 1 N–H and O–H groups in total. The molecule has 1 saturated heterocycles. The topological polar surface area (TPSA) is 78.5 Å². The number of fused-ring (bicyclic) bond motifs is 1.